The summed E-state index contributed by atoms with van der Waals surface area (Å²) in [6, 6.07) is 0.655. The van der Waals surface area contributed by atoms with E-state index in [4.69, 9.17) is 4.74 Å². The highest BCUT2D eigenvalue weighted by Crippen LogP contribution is 2.27. The molecule has 0 aromatic carbocycles. The molecule has 14 heavy (non-hydrogen) atoms. The molecule has 2 saturated heterocycles. The second-order valence-electron chi connectivity index (χ2n) is 4.57. The van der Waals surface area contributed by atoms with Gasteiger partial charge in [-0.2, -0.15) is 0 Å². The van der Waals surface area contributed by atoms with Crippen LogP contribution in [0, 0.1) is 0 Å². The molecule has 2 bridgehead atoms. The number of hydrogen-bond donors (Lipinski definition) is 1. The molecule has 0 aromatic heterocycles. The zero-order valence-corrected chi connectivity index (χ0v) is 9.33. The Morgan fingerprint density at radius 3 is 2.57 bits per heavy atom. The summed E-state index contributed by atoms with van der Waals surface area (Å²) in [5.74, 6) is 0. The van der Waals surface area contributed by atoms with E-state index in [1.165, 1.54) is 12.8 Å². The lowest BCUT2D eigenvalue weighted by Gasteiger charge is -2.36. The molecule has 0 saturated carbocycles. The van der Waals surface area contributed by atoms with E-state index in [1.807, 2.05) is 0 Å². The topological polar surface area (TPSA) is 24.5 Å². The van der Waals surface area contributed by atoms with Gasteiger partial charge in [0.1, 0.15) is 0 Å². The molecule has 3 nitrogen and oxygen atoms in total. The Bertz CT molecular complexity index is 174. The normalized spacial score (nSPS) is 34.7. The number of rotatable bonds is 4. The number of nitrogens with one attached hydrogen (secondary N) is 1. The first-order valence-electron chi connectivity index (χ1n) is 5.89. The summed E-state index contributed by atoms with van der Waals surface area (Å²) in [6.07, 6.45) is 3.60. The number of morpholine rings is 1. The predicted octanol–water partition coefficient (Wildman–Crippen LogP) is 0.848. The van der Waals surface area contributed by atoms with Gasteiger partial charge in [-0.25, -0.2) is 0 Å². The summed E-state index contributed by atoms with van der Waals surface area (Å²) in [5, 5.41) is 3.41. The van der Waals surface area contributed by atoms with E-state index in [0.717, 1.165) is 26.2 Å². The molecule has 1 N–H and O–H groups in total. The number of likely N-dealkylation sites (N-methyl/N-ethyl adjacent to an activating group) is 1. The Balaban J connectivity index is 1.80. The van der Waals surface area contributed by atoms with Crippen LogP contribution in [0.3, 0.4) is 0 Å². The number of hydrogen-bond acceptors (Lipinski definition) is 3. The molecule has 0 aliphatic carbocycles. The largest absolute Gasteiger partial charge is 0.372 e. The Hall–Kier alpha value is -0.120. The van der Waals surface area contributed by atoms with Crippen molar-refractivity contribution < 1.29 is 4.74 Å². The minimum atomic E-state index is 0.526. The van der Waals surface area contributed by atoms with Crippen LogP contribution in [-0.4, -0.2) is 49.3 Å². The van der Waals surface area contributed by atoms with Crippen molar-refractivity contribution >= 4 is 0 Å². The van der Waals surface area contributed by atoms with Crippen LogP contribution in [0.15, 0.2) is 0 Å². The van der Waals surface area contributed by atoms with E-state index >= 15 is 0 Å². The maximum Gasteiger partial charge on any atom is 0.0707 e. The van der Waals surface area contributed by atoms with Crippen molar-refractivity contribution in [3.05, 3.63) is 0 Å². The highest BCUT2D eigenvalue weighted by molar-refractivity contribution is 4.87. The van der Waals surface area contributed by atoms with Crippen LogP contribution in [0.4, 0.5) is 0 Å². The third kappa shape index (κ3) is 2.27. The van der Waals surface area contributed by atoms with Gasteiger partial charge in [0.25, 0.3) is 0 Å². The average molecular weight is 198 g/mol. The van der Waals surface area contributed by atoms with E-state index in [9.17, 15) is 0 Å². The smallest absolute Gasteiger partial charge is 0.0707 e. The zero-order valence-electron chi connectivity index (χ0n) is 9.33. The molecule has 0 amide bonds. The van der Waals surface area contributed by atoms with Gasteiger partial charge >= 0.3 is 0 Å². The van der Waals surface area contributed by atoms with Gasteiger partial charge in [0, 0.05) is 25.7 Å². The van der Waals surface area contributed by atoms with E-state index in [-0.39, 0.29) is 0 Å². The van der Waals surface area contributed by atoms with Crippen molar-refractivity contribution in [2.75, 3.05) is 26.2 Å². The number of nitrogens with zero attached hydrogens (tertiary/aromatic N) is 1. The standard InChI is InChI=1S/C11H22N2O/c1-3-12-6-9(2)13-7-10-4-5-11(8-13)14-10/h9-12H,3-8H2,1-2H3. The molecule has 2 rings (SSSR count). The van der Waals surface area contributed by atoms with Crippen LogP contribution in [0.5, 0.6) is 0 Å². The fourth-order valence-electron chi connectivity index (χ4n) is 2.49. The first-order chi connectivity index (χ1) is 6.79. The van der Waals surface area contributed by atoms with Gasteiger partial charge in [-0.3, -0.25) is 4.90 Å². The Kier molecular flexibility index (Phi) is 3.42. The maximum absolute atomic E-state index is 5.82. The fourth-order valence-corrected chi connectivity index (χ4v) is 2.49. The Morgan fingerprint density at radius 1 is 1.36 bits per heavy atom. The van der Waals surface area contributed by atoms with Crippen LogP contribution >= 0.6 is 0 Å². The number of fused-ring (bicyclic) bond motifs is 2. The third-order valence-electron chi connectivity index (χ3n) is 3.38. The van der Waals surface area contributed by atoms with Gasteiger partial charge in [-0.15, -0.1) is 0 Å². The summed E-state index contributed by atoms with van der Waals surface area (Å²) in [6.45, 7) is 8.94. The van der Waals surface area contributed by atoms with Crippen LogP contribution in [0.1, 0.15) is 26.7 Å². The molecule has 3 unspecified atom stereocenters. The van der Waals surface area contributed by atoms with E-state index < -0.39 is 0 Å². The molecule has 0 radical (unpaired) electrons. The third-order valence-corrected chi connectivity index (χ3v) is 3.38. The van der Waals surface area contributed by atoms with Crippen molar-refractivity contribution in [2.45, 2.75) is 44.9 Å². The predicted molar refractivity (Wildman–Crippen MR) is 57.5 cm³/mol. The maximum atomic E-state index is 5.82. The summed E-state index contributed by atoms with van der Waals surface area (Å²) >= 11 is 0. The van der Waals surface area contributed by atoms with Crippen LogP contribution in [0.25, 0.3) is 0 Å². The molecule has 3 atom stereocenters. The molecular formula is C11H22N2O. The van der Waals surface area contributed by atoms with Gasteiger partial charge in [0.2, 0.25) is 0 Å². The quantitative estimate of drug-likeness (QED) is 0.725. The molecule has 3 heteroatoms. The molecular weight excluding hydrogens is 176 g/mol. The first kappa shape index (κ1) is 10.4. The second-order valence-corrected chi connectivity index (χ2v) is 4.57. The van der Waals surface area contributed by atoms with Gasteiger partial charge in [0.05, 0.1) is 12.2 Å². The summed E-state index contributed by atoms with van der Waals surface area (Å²) in [5.41, 5.74) is 0. The van der Waals surface area contributed by atoms with Crippen molar-refractivity contribution in [2.24, 2.45) is 0 Å². The minimum Gasteiger partial charge on any atom is -0.372 e. The van der Waals surface area contributed by atoms with Gasteiger partial charge in [0.15, 0.2) is 0 Å². The van der Waals surface area contributed by atoms with E-state index in [1.54, 1.807) is 0 Å². The SMILES string of the molecule is CCNCC(C)N1CC2CCC(C1)O2. The van der Waals surface area contributed by atoms with Crippen molar-refractivity contribution in [1.29, 1.82) is 0 Å². The Labute approximate surface area is 86.8 Å². The monoisotopic (exact) mass is 198 g/mol. The highest BCUT2D eigenvalue weighted by Gasteiger charge is 2.35. The average Bonchev–Trinajstić information content (AvgIpc) is 2.54. The van der Waals surface area contributed by atoms with Gasteiger partial charge in [-0.05, 0) is 26.3 Å². The van der Waals surface area contributed by atoms with Crippen molar-refractivity contribution in [3.63, 3.8) is 0 Å². The number of ether oxygens (including phenoxy) is 1. The molecule has 2 fully saturated rings. The molecule has 0 spiro atoms. The summed E-state index contributed by atoms with van der Waals surface area (Å²) in [7, 11) is 0. The van der Waals surface area contributed by atoms with Crippen molar-refractivity contribution in [3.8, 4) is 0 Å². The molecule has 82 valence electrons. The van der Waals surface area contributed by atoms with Gasteiger partial charge in [-0.1, -0.05) is 6.92 Å². The van der Waals surface area contributed by atoms with Crippen LogP contribution in [0.2, 0.25) is 0 Å². The van der Waals surface area contributed by atoms with Gasteiger partial charge < -0.3 is 10.1 Å². The summed E-state index contributed by atoms with van der Waals surface area (Å²) in [4.78, 5) is 2.58. The molecule has 2 aliphatic rings. The number of likely N-dealkylation sites (tertiary alicyclic amines) is 1. The van der Waals surface area contributed by atoms with Crippen molar-refractivity contribution in [1.82, 2.24) is 10.2 Å². The van der Waals surface area contributed by atoms with Crippen LogP contribution in [-0.2, 0) is 4.74 Å². The zero-order chi connectivity index (χ0) is 9.97. The van der Waals surface area contributed by atoms with Crippen LogP contribution < -0.4 is 5.32 Å². The lowest BCUT2D eigenvalue weighted by atomic mass is 10.2. The first-order valence-corrected chi connectivity index (χ1v) is 5.89. The fraction of sp³-hybridized carbons (Fsp3) is 1.00. The minimum absolute atomic E-state index is 0.526. The van der Waals surface area contributed by atoms with E-state index in [2.05, 4.69) is 24.1 Å². The highest BCUT2D eigenvalue weighted by atomic mass is 16.5. The Morgan fingerprint density at radius 2 is 2.00 bits per heavy atom. The second kappa shape index (κ2) is 4.60. The summed E-state index contributed by atoms with van der Waals surface area (Å²) < 4.78 is 5.82. The molecule has 0 aromatic rings. The molecule has 2 heterocycles. The molecule has 2 aliphatic heterocycles. The lowest BCUT2D eigenvalue weighted by molar-refractivity contribution is -0.0500. The lowest BCUT2D eigenvalue weighted by Crippen LogP contribution is -2.49. The van der Waals surface area contributed by atoms with E-state index in [0.29, 0.717) is 18.2 Å².